The summed E-state index contributed by atoms with van der Waals surface area (Å²) in [5.74, 6) is -1.41. The Morgan fingerprint density at radius 3 is 2.19 bits per heavy atom. The van der Waals surface area contributed by atoms with Crippen LogP contribution in [-0.2, 0) is 32.2 Å². The van der Waals surface area contributed by atoms with Crippen molar-refractivity contribution >= 4 is 46.9 Å². The Hall–Kier alpha value is -2.90. The minimum Gasteiger partial charge on any atom is -0.452 e. The Morgan fingerprint density at radius 1 is 0.968 bits per heavy atom. The molecule has 9 heteroatoms. The van der Waals surface area contributed by atoms with Gasteiger partial charge in [-0.2, -0.15) is 0 Å². The van der Waals surface area contributed by atoms with Gasteiger partial charge in [-0.3, -0.25) is 19.3 Å². The van der Waals surface area contributed by atoms with Crippen molar-refractivity contribution in [2.24, 2.45) is 0 Å². The molecule has 0 radical (unpaired) electrons. The first kappa shape index (κ1) is 22.8. The zero-order chi connectivity index (χ0) is 22.5. The van der Waals surface area contributed by atoms with Crippen molar-refractivity contribution in [3.63, 3.8) is 0 Å². The lowest BCUT2D eigenvalue weighted by Gasteiger charge is -2.17. The van der Waals surface area contributed by atoms with Crippen LogP contribution in [0.15, 0.2) is 42.5 Å². The SMILES string of the molecule is CN(Cc1ccc(Cl)c(Cl)c1)C(=O)COC(=O)c1ccc(CN2C(=O)CCC2=O)cc1. The third kappa shape index (κ3) is 5.83. The highest BCUT2D eigenvalue weighted by atomic mass is 35.5. The van der Waals surface area contributed by atoms with E-state index in [0.29, 0.717) is 10.0 Å². The molecule has 31 heavy (non-hydrogen) atoms. The van der Waals surface area contributed by atoms with Crippen molar-refractivity contribution in [1.82, 2.24) is 9.80 Å². The fourth-order valence-corrected chi connectivity index (χ4v) is 3.37. The summed E-state index contributed by atoms with van der Waals surface area (Å²) in [5.41, 5.74) is 1.78. The molecule has 7 nitrogen and oxygen atoms in total. The number of likely N-dealkylation sites (N-methyl/N-ethyl adjacent to an activating group) is 1. The van der Waals surface area contributed by atoms with E-state index in [9.17, 15) is 19.2 Å². The lowest BCUT2D eigenvalue weighted by Crippen LogP contribution is -2.30. The van der Waals surface area contributed by atoms with Gasteiger partial charge in [0.15, 0.2) is 6.61 Å². The van der Waals surface area contributed by atoms with Crippen LogP contribution in [-0.4, -0.2) is 47.1 Å². The predicted octanol–water partition coefficient (Wildman–Crippen LogP) is 3.46. The second-order valence-electron chi connectivity index (χ2n) is 7.14. The van der Waals surface area contributed by atoms with Gasteiger partial charge in [-0.25, -0.2) is 4.79 Å². The summed E-state index contributed by atoms with van der Waals surface area (Å²) in [5, 5.41) is 0.825. The highest BCUT2D eigenvalue weighted by Gasteiger charge is 2.28. The molecule has 2 aromatic rings. The van der Waals surface area contributed by atoms with Crippen LogP contribution in [0, 0.1) is 0 Å². The highest BCUT2D eigenvalue weighted by Crippen LogP contribution is 2.23. The zero-order valence-corrected chi connectivity index (χ0v) is 18.3. The van der Waals surface area contributed by atoms with Gasteiger partial charge >= 0.3 is 5.97 Å². The summed E-state index contributed by atoms with van der Waals surface area (Å²) in [7, 11) is 1.59. The molecule has 0 spiro atoms. The average molecular weight is 463 g/mol. The van der Waals surface area contributed by atoms with Gasteiger partial charge in [-0.15, -0.1) is 0 Å². The standard InChI is InChI=1S/C22H20Cl2N2O5/c1-25(11-15-4-7-17(23)18(24)10-15)21(29)13-31-22(30)16-5-2-14(3-6-16)12-26-19(27)8-9-20(26)28/h2-7,10H,8-9,11-13H2,1H3. The molecule has 0 saturated carbocycles. The summed E-state index contributed by atoms with van der Waals surface area (Å²) in [4.78, 5) is 50.5. The Labute approximate surface area is 189 Å². The molecule has 1 fully saturated rings. The Kier molecular flexibility index (Phi) is 7.30. The van der Waals surface area contributed by atoms with Gasteiger partial charge in [0.1, 0.15) is 0 Å². The number of carbonyl (C=O) groups is 4. The van der Waals surface area contributed by atoms with Crippen molar-refractivity contribution in [1.29, 1.82) is 0 Å². The quantitative estimate of drug-likeness (QED) is 0.464. The molecule has 162 valence electrons. The van der Waals surface area contributed by atoms with Crippen molar-refractivity contribution in [3.05, 3.63) is 69.2 Å². The molecule has 0 bridgehead atoms. The van der Waals surface area contributed by atoms with Crippen LogP contribution in [0.25, 0.3) is 0 Å². The lowest BCUT2D eigenvalue weighted by molar-refractivity contribution is -0.139. The maximum Gasteiger partial charge on any atom is 0.338 e. The van der Waals surface area contributed by atoms with Gasteiger partial charge < -0.3 is 9.64 Å². The summed E-state index contributed by atoms with van der Waals surface area (Å²) < 4.78 is 5.10. The highest BCUT2D eigenvalue weighted by molar-refractivity contribution is 6.42. The van der Waals surface area contributed by atoms with Crippen molar-refractivity contribution in [2.45, 2.75) is 25.9 Å². The summed E-state index contributed by atoms with van der Waals surface area (Å²) in [6.45, 7) is 0.0517. The van der Waals surface area contributed by atoms with Gasteiger partial charge in [0.25, 0.3) is 5.91 Å². The van der Waals surface area contributed by atoms with E-state index < -0.39 is 12.6 Å². The van der Waals surface area contributed by atoms with Crippen molar-refractivity contribution in [3.8, 4) is 0 Å². The molecule has 0 aliphatic carbocycles. The van der Waals surface area contributed by atoms with Crippen LogP contribution in [0.5, 0.6) is 0 Å². The number of hydrogen-bond acceptors (Lipinski definition) is 5. The molecule has 0 atom stereocenters. The molecule has 1 saturated heterocycles. The number of hydrogen-bond donors (Lipinski definition) is 0. The topological polar surface area (TPSA) is 84.0 Å². The fraction of sp³-hybridized carbons (Fsp3) is 0.273. The summed E-state index contributed by atoms with van der Waals surface area (Å²) in [6.07, 6.45) is 0.466. The largest absolute Gasteiger partial charge is 0.452 e. The number of carbonyl (C=O) groups excluding carboxylic acids is 4. The Morgan fingerprint density at radius 2 is 1.58 bits per heavy atom. The van der Waals surface area contributed by atoms with Crippen molar-refractivity contribution < 1.29 is 23.9 Å². The molecule has 2 aromatic carbocycles. The molecule has 1 heterocycles. The number of imide groups is 1. The third-order valence-electron chi connectivity index (χ3n) is 4.84. The van der Waals surface area contributed by atoms with E-state index in [4.69, 9.17) is 27.9 Å². The zero-order valence-electron chi connectivity index (χ0n) is 16.8. The van der Waals surface area contributed by atoms with Gasteiger partial charge in [0.2, 0.25) is 11.8 Å². The predicted molar refractivity (Wildman–Crippen MR) is 114 cm³/mol. The normalized spacial score (nSPS) is 13.5. The van der Waals surface area contributed by atoms with Crippen LogP contribution >= 0.6 is 23.2 Å². The maximum atomic E-state index is 12.3. The van der Waals surface area contributed by atoms with Gasteiger partial charge in [-0.05, 0) is 35.4 Å². The number of likely N-dealkylation sites (tertiary alicyclic amines) is 1. The maximum absolute atomic E-state index is 12.3. The van der Waals surface area contributed by atoms with E-state index in [1.807, 2.05) is 0 Å². The number of nitrogens with zero attached hydrogens (tertiary/aromatic N) is 2. The first-order valence-corrected chi connectivity index (χ1v) is 10.3. The van der Waals surface area contributed by atoms with E-state index in [2.05, 4.69) is 0 Å². The lowest BCUT2D eigenvalue weighted by atomic mass is 10.1. The van der Waals surface area contributed by atoms with E-state index in [0.717, 1.165) is 11.1 Å². The van der Waals surface area contributed by atoms with E-state index in [1.165, 1.54) is 21.9 Å². The molecule has 3 rings (SSSR count). The molecule has 3 amide bonds. The molecular weight excluding hydrogens is 443 g/mol. The van der Waals surface area contributed by atoms with Crippen LogP contribution < -0.4 is 0 Å². The van der Waals surface area contributed by atoms with Gasteiger partial charge in [-0.1, -0.05) is 41.4 Å². The Balaban J connectivity index is 1.50. The second kappa shape index (κ2) is 9.94. The fourth-order valence-electron chi connectivity index (χ4n) is 3.05. The smallest absolute Gasteiger partial charge is 0.338 e. The average Bonchev–Trinajstić information content (AvgIpc) is 3.07. The molecule has 1 aliphatic heterocycles. The molecule has 0 aromatic heterocycles. The molecule has 0 N–H and O–H groups in total. The van der Waals surface area contributed by atoms with E-state index in [-0.39, 0.29) is 49.2 Å². The number of halogens is 2. The van der Waals surface area contributed by atoms with Gasteiger partial charge in [0.05, 0.1) is 22.2 Å². The number of esters is 1. The van der Waals surface area contributed by atoms with Crippen LogP contribution in [0.2, 0.25) is 10.0 Å². The summed E-state index contributed by atoms with van der Waals surface area (Å²) in [6, 6.07) is 11.4. The monoisotopic (exact) mass is 462 g/mol. The van der Waals surface area contributed by atoms with Crippen LogP contribution in [0.3, 0.4) is 0 Å². The number of ether oxygens (including phenoxy) is 1. The van der Waals surface area contributed by atoms with Crippen LogP contribution in [0.1, 0.15) is 34.3 Å². The van der Waals surface area contributed by atoms with Gasteiger partial charge in [0, 0.05) is 26.4 Å². The molecule has 0 unspecified atom stereocenters. The second-order valence-corrected chi connectivity index (χ2v) is 7.96. The third-order valence-corrected chi connectivity index (χ3v) is 5.58. The van der Waals surface area contributed by atoms with E-state index >= 15 is 0 Å². The first-order chi connectivity index (χ1) is 14.7. The Bertz CT molecular complexity index is 1010. The number of rotatable bonds is 7. The summed E-state index contributed by atoms with van der Waals surface area (Å²) >= 11 is 11.9. The molecule has 1 aliphatic rings. The van der Waals surface area contributed by atoms with E-state index in [1.54, 1.807) is 37.4 Å². The minimum atomic E-state index is -0.642. The van der Waals surface area contributed by atoms with Crippen LogP contribution in [0.4, 0.5) is 0 Å². The molecular formula is C22H20Cl2N2O5. The minimum absolute atomic E-state index is 0.172. The first-order valence-electron chi connectivity index (χ1n) is 9.51. The number of amides is 3. The van der Waals surface area contributed by atoms with Crippen molar-refractivity contribution in [2.75, 3.05) is 13.7 Å². The number of benzene rings is 2.